The van der Waals surface area contributed by atoms with Crippen LogP contribution < -0.4 is 5.32 Å². The molecule has 0 aliphatic heterocycles. The third-order valence-electron chi connectivity index (χ3n) is 4.44. The molecule has 0 spiro atoms. The first-order chi connectivity index (χ1) is 14.4. The second-order valence-corrected chi connectivity index (χ2v) is 9.57. The summed E-state index contributed by atoms with van der Waals surface area (Å²) in [6.07, 6.45) is 0. The highest BCUT2D eigenvalue weighted by Gasteiger charge is 2.20. The zero-order valence-corrected chi connectivity index (χ0v) is 19.4. The minimum atomic E-state index is -0.190. The number of benzene rings is 2. The Hall–Kier alpha value is -2.06. The zero-order chi connectivity index (χ0) is 21.3. The predicted octanol–water partition coefficient (Wildman–Crippen LogP) is 6.78. The van der Waals surface area contributed by atoms with Crippen molar-refractivity contribution in [2.75, 3.05) is 11.1 Å². The highest BCUT2D eigenvalue weighted by molar-refractivity contribution is 7.99. The smallest absolute Gasteiger partial charge is 0.234 e. The van der Waals surface area contributed by atoms with Gasteiger partial charge in [-0.25, -0.2) is 0 Å². The lowest BCUT2D eigenvalue weighted by atomic mass is 10.1. The number of fused-ring (bicyclic) bond motifs is 1. The number of anilines is 1. The van der Waals surface area contributed by atoms with E-state index in [2.05, 4.69) is 51.4 Å². The van der Waals surface area contributed by atoms with E-state index in [-0.39, 0.29) is 17.7 Å². The molecule has 2 heterocycles. The van der Waals surface area contributed by atoms with E-state index in [0.29, 0.717) is 20.9 Å². The normalized spacial score (nSPS) is 11.4. The Labute approximate surface area is 192 Å². The molecule has 2 aromatic heterocycles. The van der Waals surface area contributed by atoms with Crippen LogP contribution in [-0.4, -0.2) is 26.4 Å². The summed E-state index contributed by atoms with van der Waals surface area (Å²) in [5, 5.41) is 16.5. The van der Waals surface area contributed by atoms with Crippen LogP contribution in [0.2, 0.25) is 10.0 Å². The van der Waals surface area contributed by atoms with Gasteiger partial charge >= 0.3 is 0 Å². The molecule has 1 N–H and O–H groups in total. The van der Waals surface area contributed by atoms with Gasteiger partial charge in [-0.05, 0) is 38.1 Å². The Kier molecular flexibility index (Phi) is 6.34. The fraction of sp³-hybridized carbons (Fsp3) is 0.190. The lowest BCUT2D eigenvalue weighted by Crippen LogP contribution is -2.15. The summed E-state index contributed by atoms with van der Waals surface area (Å²) in [6.45, 7) is 4.16. The molecule has 4 aromatic rings. The Morgan fingerprint density at radius 3 is 2.80 bits per heavy atom. The lowest BCUT2D eigenvalue weighted by molar-refractivity contribution is -0.113. The zero-order valence-electron chi connectivity index (χ0n) is 16.2. The number of hydrogen-bond donors (Lipinski definition) is 1. The summed E-state index contributed by atoms with van der Waals surface area (Å²) in [5.74, 6) is 0.797. The molecule has 0 bridgehead atoms. The molecule has 154 valence electrons. The molecule has 0 atom stereocenters. The number of hydrogen-bond acceptors (Lipinski definition) is 5. The quantitative estimate of drug-likeness (QED) is 0.311. The number of amides is 1. The summed E-state index contributed by atoms with van der Waals surface area (Å²) in [4.78, 5) is 12.5. The van der Waals surface area contributed by atoms with Crippen LogP contribution in [0.25, 0.3) is 21.5 Å². The van der Waals surface area contributed by atoms with Crippen molar-refractivity contribution in [3.05, 3.63) is 57.9 Å². The Morgan fingerprint density at radius 2 is 2.00 bits per heavy atom. The molecule has 0 saturated heterocycles. The standard InChI is InChI=1S/C21H18Cl2N4OS2/c1-12(2)27-20(15-10-29-18-6-4-3-5-14(15)18)25-26-21(27)30-11-19(28)24-17-9-13(22)7-8-16(17)23/h3-10,12H,11H2,1-2H3,(H,24,28). The van der Waals surface area contributed by atoms with Gasteiger partial charge < -0.3 is 5.32 Å². The van der Waals surface area contributed by atoms with Crippen LogP contribution in [0.3, 0.4) is 0 Å². The van der Waals surface area contributed by atoms with Gasteiger partial charge in [0.1, 0.15) is 0 Å². The first-order valence-electron chi connectivity index (χ1n) is 9.23. The van der Waals surface area contributed by atoms with Crippen molar-refractivity contribution in [3.63, 3.8) is 0 Å². The SMILES string of the molecule is CC(C)n1c(SCC(=O)Nc2cc(Cl)ccc2Cl)nnc1-c1csc2ccccc12. The van der Waals surface area contributed by atoms with Crippen LogP contribution in [-0.2, 0) is 4.79 Å². The van der Waals surface area contributed by atoms with E-state index in [1.807, 2.05) is 12.1 Å². The summed E-state index contributed by atoms with van der Waals surface area (Å²) in [7, 11) is 0. The largest absolute Gasteiger partial charge is 0.324 e. The number of rotatable bonds is 6. The molecular weight excluding hydrogens is 459 g/mol. The van der Waals surface area contributed by atoms with Crippen molar-refractivity contribution in [1.82, 2.24) is 14.8 Å². The maximum Gasteiger partial charge on any atom is 0.234 e. The number of carbonyl (C=O) groups is 1. The Balaban J connectivity index is 1.55. The van der Waals surface area contributed by atoms with Crippen LogP contribution >= 0.6 is 46.3 Å². The minimum Gasteiger partial charge on any atom is -0.324 e. The minimum absolute atomic E-state index is 0.140. The Bertz CT molecular complexity index is 1220. The number of nitrogens with one attached hydrogen (secondary N) is 1. The summed E-state index contributed by atoms with van der Waals surface area (Å²) in [6, 6.07) is 13.3. The van der Waals surface area contributed by atoms with Crippen molar-refractivity contribution in [2.45, 2.75) is 25.0 Å². The maximum absolute atomic E-state index is 12.5. The van der Waals surface area contributed by atoms with Crippen LogP contribution in [0.4, 0.5) is 5.69 Å². The second-order valence-electron chi connectivity index (χ2n) is 6.88. The van der Waals surface area contributed by atoms with E-state index in [4.69, 9.17) is 23.2 Å². The van der Waals surface area contributed by atoms with Gasteiger partial charge in [0, 0.05) is 32.1 Å². The van der Waals surface area contributed by atoms with Gasteiger partial charge in [-0.1, -0.05) is 53.2 Å². The fourth-order valence-electron chi connectivity index (χ4n) is 3.09. The first-order valence-corrected chi connectivity index (χ1v) is 11.9. The van der Waals surface area contributed by atoms with E-state index < -0.39 is 0 Å². The summed E-state index contributed by atoms with van der Waals surface area (Å²) >= 11 is 15.1. The third kappa shape index (κ3) is 4.34. The number of thioether (sulfide) groups is 1. The number of nitrogens with zero attached hydrogens (tertiary/aromatic N) is 3. The molecular formula is C21H18Cl2N4OS2. The lowest BCUT2D eigenvalue weighted by Gasteiger charge is -2.13. The predicted molar refractivity (Wildman–Crippen MR) is 127 cm³/mol. The average molecular weight is 477 g/mol. The van der Waals surface area contributed by atoms with Crippen molar-refractivity contribution in [1.29, 1.82) is 0 Å². The van der Waals surface area contributed by atoms with Crippen LogP contribution in [0.1, 0.15) is 19.9 Å². The topological polar surface area (TPSA) is 59.8 Å². The van der Waals surface area contributed by atoms with E-state index >= 15 is 0 Å². The molecule has 0 aliphatic carbocycles. The van der Waals surface area contributed by atoms with E-state index in [9.17, 15) is 4.79 Å². The van der Waals surface area contributed by atoms with Gasteiger partial charge in [-0.15, -0.1) is 21.5 Å². The second kappa shape index (κ2) is 8.98. The van der Waals surface area contributed by atoms with Gasteiger partial charge in [-0.2, -0.15) is 0 Å². The molecule has 0 radical (unpaired) electrons. The molecule has 0 fully saturated rings. The Morgan fingerprint density at radius 1 is 1.20 bits per heavy atom. The van der Waals surface area contributed by atoms with Gasteiger partial charge in [0.25, 0.3) is 0 Å². The van der Waals surface area contributed by atoms with Crippen LogP contribution in [0.15, 0.2) is 53.0 Å². The number of halogens is 2. The third-order valence-corrected chi connectivity index (χ3v) is 6.91. The van der Waals surface area contributed by atoms with Crippen molar-refractivity contribution >= 4 is 68.0 Å². The maximum atomic E-state index is 12.5. The van der Waals surface area contributed by atoms with Gasteiger partial charge in [0.05, 0.1) is 16.5 Å². The monoisotopic (exact) mass is 476 g/mol. The molecule has 0 saturated carbocycles. The van der Waals surface area contributed by atoms with Gasteiger partial charge in [-0.3, -0.25) is 9.36 Å². The highest BCUT2D eigenvalue weighted by atomic mass is 35.5. The molecule has 4 rings (SSSR count). The molecule has 0 unspecified atom stereocenters. The first kappa shape index (κ1) is 21.2. The molecule has 30 heavy (non-hydrogen) atoms. The van der Waals surface area contributed by atoms with E-state index in [0.717, 1.165) is 16.8 Å². The number of carbonyl (C=O) groups excluding carboxylic acids is 1. The van der Waals surface area contributed by atoms with Crippen LogP contribution in [0, 0.1) is 0 Å². The average Bonchev–Trinajstić information content (AvgIpc) is 3.33. The summed E-state index contributed by atoms with van der Waals surface area (Å²) < 4.78 is 3.27. The van der Waals surface area contributed by atoms with Crippen molar-refractivity contribution in [3.8, 4) is 11.4 Å². The van der Waals surface area contributed by atoms with Gasteiger partial charge in [0.2, 0.25) is 5.91 Å². The molecule has 1 amide bonds. The van der Waals surface area contributed by atoms with E-state index in [1.54, 1.807) is 29.5 Å². The van der Waals surface area contributed by atoms with Crippen molar-refractivity contribution in [2.24, 2.45) is 0 Å². The number of aromatic nitrogens is 3. The molecule has 5 nitrogen and oxygen atoms in total. The number of thiophene rings is 1. The van der Waals surface area contributed by atoms with Gasteiger partial charge in [0.15, 0.2) is 11.0 Å². The fourth-order valence-corrected chi connectivity index (χ4v) is 5.23. The molecule has 2 aromatic carbocycles. The summed E-state index contributed by atoms with van der Waals surface area (Å²) in [5.41, 5.74) is 1.55. The highest BCUT2D eigenvalue weighted by Crippen LogP contribution is 2.36. The molecule has 9 heteroatoms. The van der Waals surface area contributed by atoms with Crippen LogP contribution in [0.5, 0.6) is 0 Å². The van der Waals surface area contributed by atoms with E-state index in [1.165, 1.54) is 16.5 Å². The van der Waals surface area contributed by atoms with Crippen molar-refractivity contribution < 1.29 is 4.79 Å². The molecule has 0 aliphatic rings.